The Morgan fingerprint density at radius 3 is 2.68 bits per heavy atom. The Bertz CT molecular complexity index is 380. The van der Waals surface area contributed by atoms with Gasteiger partial charge in [0, 0.05) is 24.7 Å². The molecule has 1 aliphatic rings. The Morgan fingerprint density at radius 1 is 1.21 bits per heavy atom. The van der Waals surface area contributed by atoms with E-state index in [1.54, 1.807) is 0 Å². The van der Waals surface area contributed by atoms with Gasteiger partial charge in [-0.25, -0.2) is 0 Å². The van der Waals surface area contributed by atoms with Crippen LogP contribution in [0.3, 0.4) is 0 Å². The largest absolute Gasteiger partial charge is 0.390 e. The molecule has 0 radical (unpaired) electrons. The molecule has 0 amide bonds. The van der Waals surface area contributed by atoms with Crippen molar-refractivity contribution in [1.29, 1.82) is 0 Å². The summed E-state index contributed by atoms with van der Waals surface area (Å²) < 4.78 is 0. The number of nitrogens with zero attached hydrogens (tertiary/aromatic N) is 1. The first kappa shape index (κ1) is 14.8. The van der Waals surface area contributed by atoms with Crippen molar-refractivity contribution < 1.29 is 5.11 Å². The van der Waals surface area contributed by atoms with Crippen LogP contribution < -0.4 is 5.32 Å². The van der Waals surface area contributed by atoms with Crippen LogP contribution in [0.2, 0.25) is 5.02 Å². The zero-order valence-corrected chi connectivity index (χ0v) is 12.1. The molecule has 2 rings (SSSR count). The molecule has 1 fully saturated rings. The fourth-order valence-electron chi connectivity index (χ4n) is 2.52. The highest BCUT2D eigenvalue weighted by atomic mass is 35.5. The summed E-state index contributed by atoms with van der Waals surface area (Å²) >= 11 is 6.08. The molecule has 1 atom stereocenters. The van der Waals surface area contributed by atoms with Gasteiger partial charge in [-0.1, -0.05) is 36.2 Å². The molecule has 1 unspecified atom stereocenters. The van der Waals surface area contributed by atoms with E-state index in [0.717, 1.165) is 30.2 Å². The minimum atomic E-state index is -0.305. The van der Waals surface area contributed by atoms with Crippen LogP contribution in [-0.4, -0.2) is 42.3 Å². The fourth-order valence-corrected chi connectivity index (χ4v) is 2.72. The average molecular weight is 283 g/mol. The predicted molar refractivity (Wildman–Crippen MR) is 79.5 cm³/mol. The van der Waals surface area contributed by atoms with Gasteiger partial charge in [-0.15, -0.1) is 0 Å². The number of piperidine rings is 1. The number of aliphatic hydroxyl groups excluding tert-OH is 1. The van der Waals surface area contributed by atoms with Gasteiger partial charge in [-0.3, -0.25) is 0 Å². The van der Waals surface area contributed by atoms with Crippen LogP contribution in [-0.2, 0) is 6.54 Å². The zero-order chi connectivity index (χ0) is 13.5. The number of rotatable bonds is 6. The molecule has 1 heterocycles. The second kappa shape index (κ2) is 7.85. The third-order valence-corrected chi connectivity index (χ3v) is 3.94. The molecular formula is C15H23ClN2O. The molecule has 1 aromatic carbocycles. The summed E-state index contributed by atoms with van der Waals surface area (Å²) in [5, 5.41) is 14.1. The Hall–Kier alpha value is -0.610. The molecule has 0 aromatic heterocycles. The molecule has 106 valence electrons. The Morgan fingerprint density at radius 2 is 1.95 bits per heavy atom. The lowest BCUT2D eigenvalue weighted by atomic mass is 10.1. The first-order chi connectivity index (χ1) is 9.25. The third kappa shape index (κ3) is 5.11. The van der Waals surface area contributed by atoms with Gasteiger partial charge in [0.2, 0.25) is 0 Å². The molecule has 19 heavy (non-hydrogen) atoms. The number of aliphatic hydroxyl groups is 1. The quantitative estimate of drug-likeness (QED) is 0.840. The van der Waals surface area contributed by atoms with Crippen LogP contribution in [0, 0.1) is 0 Å². The van der Waals surface area contributed by atoms with Crippen molar-refractivity contribution in [2.75, 3.05) is 26.2 Å². The fraction of sp³-hybridized carbons (Fsp3) is 0.600. The average Bonchev–Trinajstić information content (AvgIpc) is 2.42. The summed E-state index contributed by atoms with van der Waals surface area (Å²) in [5.41, 5.74) is 1.08. The third-order valence-electron chi connectivity index (χ3n) is 3.57. The summed E-state index contributed by atoms with van der Waals surface area (Å²) in [7, 11) is 0. The second-order valence-electron chi connectivity index (χ2n) is 5.24. The predicted octanol–water partition coefficient (Wildman–Crippen LogP) is 2.28. The molecule has 0 spiro atoms. The van der Waals surface area contributed by atoms with Gasteiger partial charge in [0.1, 0.15) is 0 Å². The highest BCUT2D eigenvalue weighted by molar-refractivity contribution is 6.31. The molecular weight excluding hydrogens is 260 g/mol. The molecule has 0 aliphatic carbocycles. The molecule has 0 saturated carbocycles. The SMILES string of the molecule is OC(CNCc1ccccc1Cl)CN1CCCCC1. The van der Waals surface area contributed by atoms with Crippen molar-refractivity contribution in [2.24, 2.45) is 0 Å². The van der Waals surface area contributed by atoms with E-state index in [1.807, 2.05) is 24.3 Å². The minimum Gasteiger partial charge on any atom is -0.390 e. The summed E-state index contributed by atoms with van der Waals surface area (Å²) in [5.74, 6) is 0. The molecule has 1 saturated heterocycles. The smallest absolute Gasteiger partial charge is 0.0791 e. The Balaban J connectivity index is 1.66. The first-order valence-corrected chi connectivity index (χ1v) is 7.48. The van der Waals surface area contributed by atoms with Crippen molar-refractivity contribution in [2.45, 2.75) is 31.9 Å². The summed E-state index contributed by atoms with van der Waals surface area (Å²) in [6.45, 7) is 4.34. The lowest BCUT2D eigenvalue weighted by Crippen LogP contribution is -2.40. The highest BCUT2D eigenvalue weighted by Crippen LogP contribution is 2.14. The van der Waals surface area contributed by atoms with E-state index in [-0.39, 0.29) is 6.10 Å². The monoisotopic (exact) mass is 282 g/mol. The van der Waals surface area contributed by atoms with Crippen molar-refractivity contribution in [3.63, 3.8) is 0 Å². The number of hydrogen-bond acceptors (Lipinski definition) is 3. The number of hydrogen-bond donors (Lipinski definition) is 2. The lowest BCUT2D eigenvalue weighted by Gasteiger charge is -2.28. The maximum Gasteiger partial charge on any atom is 0.0791 e. The van der Waals surface area contributed by atoms with Crippen LogP contribution in [0.1, 0.15) is 24.8 Å². The Kier molecular flexibility index (Phi) is 6.11. The lowest BCUT2D eigenvalue weighted by molar-refractivity contribution is 0.1000. The van der Waals surface area contributed by atoms with Gasteiger partial charge in [0.15, 0.2) is 0 Å². The van der Waals surface area contributed by atoms with Crippen molar-refractivity contribution in [1.82, 2.24) is 10.2 Å². The topological polar surface area (TPSA) is 35.5 Å². The van der Waals surface area contributed by atoms with Crippen molar-refractivity contribution >= 4 is 11.6 Å². The van der Waals surface area contributed by atoms with E-state index < -0.39 is 0 Å². The standard InChI is InChI=1S/C15H23ClN2O/c16-15-7-3-2-6-13(15)10-17-11-14(19)12-18-8-4-1-5-9-18/h2-3,6-7,14,17,19H,1,4-5,8-12H2. The van der Waals surface area contributed by atoms with E-state index in [0.29, 0.717) is 13.1 Å². The van der Waals surface area contributed by atoms with Gasteiger partial charge in [0.05, 0.1) is 6.10 Å². The van der Waals surface area contributed by atoms with Gasteiger partial charge in [-0.05, 0) is 37.6 Å². The van der Waals surface area contributed by atoms with E-state index >= 15 is 0 Å². The van der Waals surface area contributed by atoms with E-state index in [9.17, 15) is 5.11 Å². The molecule has 3 nitrogen and oxygen atoms in total. The maximum absolute atomic E-state index is 10.0. The number of likely N-dealkylation sites (tertiary alicyclic amines) is 1. The van der Waals surface area contributed by atoms with E-state index in [4.69, 9.17) is 11.6 Å². The Labute approximate surface area is 120 Å². The summed E-state index contributed by atoms with van der Waals surface area (Å²) in [6.07, 6.45) is 3.55. The van der Waals surface area contributed by atoms with Gasteiger partial charge >= 0.3 is 0 Å². The van der Waals surface area contributed by atoms with E-state index in [1.165, 1.54) is 19.3 Å². The van der Waals surface area contributed by atoms with Gasteiger partial charge in [0.25, 0.3) is 0 Å². The number of β-amino-alcohol motifs (C(OH)–C–C–N with tert-alkyl or cyclic N) is 1. The van der Waals surface area contributed by atoms with E-state index in [2.05, 4.69) is 10.2 Å². The molecule has 2 N–H and O–H groups in total. The maximum atomic E-state index is 10.0. The second-order valence-corrected chi connectivity index (χ2v) is 5.64. The first-order valence-electron chi connectivity index (χ1n) is 7.10. The number of halogens is 1. The van der Waals surface area contributed by atoms with Crippen LogP contribution in [0.5, 0.6) is 0 Å². The molecule has 4 heteroatoms. The van der Waals surface area contributed by atoms with Crippen molar-refractivity contribution in [3.05, 3.63) is 34.9 Å². The highest BCUT2D eigenvalue weighted by Gasteiger charge is 2.14. The zero-order valence-electron chi connectivity index (χ0n) is 11.3. The molecule has 1 aliphatic heterocycles. The van der Waals surface area contributed by atoms with Crippen LogP contribution in [0.4, 0.5) is 0 Å². The summed E-state index contributed by atoms with van der Waals surface area (Å²) in [4.78, 5) is 2.35. The van der Waals surface area contributed by atoms with Crippen LogP contribution >= 0.6 is 11.6 Å². The number of nitrogens with one attached hydrogen (secondary N) is 1. The summed E-state index contributed by atoms with van der Waals surface area (Å²) in [6, 6.07) is 7.80. The molecule has 1 aromatic rings. The van der Waals surface area contributed by atoms with Crippen LogP contribution in [0.15, 0.2) is 24.3 Å². The van der Waals surface area contributed by atoms with Gasteiger partial charge in [-0.2, -0.15) is 0 Å². The normalized spacial score (nSPS) is 18.4. The molecule has 0 bridgehead atoms. The number of benzene rings is 1. The van der Waals surface area contributed by atoms with Crippen LogP contribution in [0.25, 0.3) is 0 Å². The minimum absolute atomic E-state index is 0.305. The van der Waals surface area contributed by atoms with Crippen molar-refractivity contribution in [3.8, 4) is 0 Å². The van der Waals surface area contributed by atoms with Gasteiger partial charge < -0.3 is 15.3 Å².